The minimum Gasteiger partial charge on any atom is -0.305 e. The van der Waals surface area contributed by atoms with Gasteiger partial charge in [0.1, 0.15) is 11.5 Å². The first-order valence-electron chi connectivity index (χ1n) is 6.99. The molecule has 0 unspecified atom stereocenters. The van der Waals surface area contributed by atoms with E-state index in [0.717, 1.165) is 11.3 Å². The number of benzene rings is 1. The van der Waals surface area contributed by atoms with Crippen LogP contribution in [0.5, 0.6) is 0 Å². The fourth-order valence-corrected chi connectivity index (χ4v) is 2.24. The first kappa shape index (κ1) is 15.2. The Morgan fingerprint density at radius 3 is 2.78 bits per heavy atom. The van der Waals surface area contributed by atoms with E-state index in [4.69, 9.17) is 11.6 Å². The molecule has 0 saturated carbocycles. The Hall–Kier alpha value is -2.73. The van der Waals surface area contributed by atoms with Gasteiger partial charge in [-0.3, -0.25) is 9.78 Å². The summed E-state index contributed by atoms with van der Waals surface area (Å²) >= 11 is 6.16. The van der Waals surface area contributed by atoms with E-state index in [1.807, 2.05) is 31.2 Å². The van der Waals surface area contributed by atoms with Gasteiger partial charge in [0.2, 0.25) is 0 Å². The van der Waals surface area contributed by atoms with E-state index in [9.17, 15) is 4.79 Å². The molecule has 0 spiro atoms. The Kier molecular flexibility index (Phi) is 4.34. The Labute approximate surface area is 138 Å². The van der Waals surface area contributed by atoms with Crippen LogP contribution >= 0.6 is 11.6 Å². The molecule has 6 nitrogen and oxygen atoms in total. The second kappa shape index (κ2) is 6.58. The van der Waals surface area contributed by atoms with Gasteiger partial charge in [0.25, 0.3) is 5.91 Å². The van der Waals surface area contributed by atoms with E-state index in [2.05, 4.69) is 20.4 Å². The molecular weight excluding hydrogens is 314 g/mol. The number of halogens is 1. The van der Waals surface area contributed by atoms with E-state index < -0.39 is 0 Å². The van der Waals surface area contributed by atoms with Crippen LogP contribution in [0.15, 0.2) is 48.9 Å². The number of carbonyl (C=O) groups excluding carboxylic acids is 1. The number of nitrogens with zero attached hydrogens (tertiary/aromatic N) is 4. The summed E-state index contributed by atoms with van der Waals surface area (Å²) in [7, 11) is 0. The van der Waals surface area contributed by atoms with Crippen LogP contribution in [0.4, 0.5) is 5.82 Å². The predicted molar refractivity (Wildman–Crippen MR) is 87.5 cm³/mol. The number of hydrogen-bond acceptors (Lipinski definition) is 4. The maximum Gasteiger partial charge on any atom is 0.277 e. The summed E-state index contributed by atoms with van der Waals surface area (Å²) in [6.45, 7) is 2.27. The molecule has 116 valence electrons. The lowest BCUT2D eigenvalue weighted by Gasteiger charge is -2.10. The van der Waals surface area contributed by atoms with Crippen molar-refractivity contribution < 1.29 is 4.79 Å². The van der Waals surface area contributed by atoms with Crippen LogP contribution in [-0.2, 0) is 6.54 Å². The standard InChI is InChI=1S/C16H14ClN5O/c1-11-8-19-14(9-18-11)16(23)21-15-6-7-20-22(15)10-12-4-2-3-5-13(12)17/h2-9H,10H2,1H3,(H,21,23). The van der Waals surface area contributed by atoms with Crippen molar-refractivity contribution in [1.82, 2.24) is 19.7 Å². The summed E-state index contributed by atoms with van der Waals surface area (Å²) in [4.78, 5) is 20.3. The molecule has 0 radical (unpaired) electrons. The van der Waals surface area contributed by atoms with Gasteiger partial charge in [0.05, 0.1) is 24.6 Å². The van der Waals surface area contributed by atoms with Crippen molar-refractivity contribution in [3.63, 3.8) is 0 Å². The van der Waals surface area contributed by atoms with E-state index in [1.54, 1.807) is 23.1 Å². The Bertz CT molecular complexity index is 828. The number of aromatic nitrogens is 4. The van der Waals surface area contributed by atoms with Crippen molar-refractivity contribution in [1.29, 1.82) is 0 Å². The molecule has 0 atom stereocenters. The maximum atomic E-state index is 12.2. The number of anilines is 1. The van der Waals surface area contributed by atoms with Crippen molar-refractivity contribution in [2.45, 2.75) is 13.5 Å². The van der Waals surface area contributed by atoms with Crippen molar-refractivity contribution >= 4 is 23.3 Å². The Morgan fingerprint density at radius 2 is 2.04 bits per heavy atom. The molecule has 0 bridgehead atoms. The number of aryl methyl sites for hydroxylation is 1. The fraction of sp³-hybridized carbons (Fsp3) is 0.125. The quantitative estimate of drug-likeness (QED) is 0.799. The minimum absolute atomic E-state index is 0.251. The third-order valence-electron chi connectivity index (χ3n) is 3.25. The molecule has 1 N–H and O–H groups in total. The van der Waals surface area contributed by atoms with Crippen LogP contribution in [0.3, 0.4) is 0 Å². The van der Waals surface area contributed by atoms with Gasteiger partial charge in [0, 0.05) is 17.3 Å². The van der Waals surface area contributed by atoms with Crippen molar-refractivity contribution in [2.24, 2.45) is 0 Å². The zero-order valence-corrected chi connectivity index (χ0v) is 13.2. The summed E-state index contributed by atoms with van der Waals surface area (Å²) in [5.41, 5.74) is 1.93. The van der Waals surface area contributed by atoms with Gasteiger partial charge < -0.3 is 5.32 Å². The van der Waals surface area contributed by atoms with E-state index >= 15 is 0 Å². The molecule has 3 rings (SSSR count). The molecule has 7 heteroatoms. The molecule has 0 fully saturated rings. The van der Waals surface area contributed by atoms with Crippen molar-refractivity contribution in [3.8, 4) is 0 Å². The van der Waals surface area contributed by atoms with Gasteiger partial charge >= 0.3 is 0 Å². The zero-order chi connectivity index (χ0) is 16.2. The molecule has 3 aromatic rings. The number of nitrogens with one attached hydrogen (secondary N) is 1. The van der Waals surface area contributed by atoms with Gasteiger partial charge in [-0.25, -0.2) is 9.67 Å². The third kappa shape index (κ3) is 3.54. The Morgan fingerprint density at radius 1 is 1.22 bits per heavy atom. The van der Waals surface area contributed by atoms with Gasteiger partial charge in [-0.05, 0) is 18.6 Å². The van der Waals surface area contributed by atoms with E-state index in [1.165, 1.54) is 6.20 Å². The summed E-state index contributed by atoms with van der Waals surface area (Å²) in [6, 6.07) is 9.23. The zero-order valence-electron chi connectivity index (χ0n) is 12.4. The minimum atomic E-state index is -0.335. The fourth-order valence-electron chi connectivity index (χ4n) is 2.04. The molecule has 0 aliphatic heterocycles. The molecule has 2 heterocycles. The van der Waals surface area contributed by atoms with Gasteiger partial charge in [-0.1, -0.05) is 29.8 Å². The molecule has 23 heavy (non-hydrogen) atoms. The number of amides is 1. The smallest absolute Gasteiger partial charge is 0.277 e. The summed E-state index contributed by atoms with van der Waals surface area (Å²) in [5, 5.41) is 7.66. The number of rotatable bonds is 4. The highest BCUT2D eigenvalue weighted by Gasteiger charge is 2.12. The van der Waals surface area contributed by atoms with Crippen LogP contribution in [0.1, 0.15) is 21.7 Å². The molecular formula is C16H14ClN5O. The first-order chi connectivity index (χ1) is 11.1. The average molecular weight is 328 g/mol. The van der Waals surface area contributed by atoms with Gasteiger partial charge in [0.15, 0.2) is 0 Å². The largest absolute Gasteiger partial charge is 0.305 e. The molecule has 1 aromatic carbocycles. The van der Waals surface area contributed by atoms with Crippen LogP contribution < -0.4 is 5.32 Å². The molecule has 0 saturated heterocycles. The highest BCUT2D eigenvalue weighted by atomic mass is 35.5. The van der Waals surface area contributed by atoms with Crippen LogP contribution in [0, 0.1) is 6.92 Å². The average Bonchev–Trinajstić information content (AvgIpc) is 2.97. The SMILES string of the molecule is Cc1cnc(C(=O)Nc2ccnn2Cc2ccccc2Cl)cn1. The van der Waals surface area contributed by atoms with Crippen molar-refractivity contribution in [2.75, 3.05) is 5.32 Å². The lowest BCUT2D eigenvalue weighted by Crippen LogP contribution is -2.17. The molecule has 0 aliphatic carbocycles. The second-order valence-corrected chi connectivity index (χ2v) is 5.37. The highest BCUT2D eigenvalue weighted by molar-refractivity contribution is 6.31. The summed E-state index contributed by atoms with van der Waals surface area (Å²) in [5.74, 6) is 0.232. The number of hydrogen-bond donors (Lipinski definition) is 1. The van der Waals surface area contributed by atoms with E-state index in [0.29, 0.717) is 17.4 Å². The highest BCUT2D eigenvalue weighted by Crippen LogP contribution is 2.18. The van der Waals surface area contributed by atoms with Crippen molar-refractivity contribution in [3.05, 3.63) is 70.9 Å². The normalized spacial score (nSPS) is 10.5. The summed E-state index contributed by atoms with van der Waals surface area (Å²) < 4.78 is 1.67. The second-order valence-electron chi connectivity index (χ2n) is 4.96. The predicted octanol–water partition coefficient (Wildman–Crippen LogP) is 2.94. The van der Waals surface area contributed by atoms with Crippen LogP contribution in [0.2, 0.25) is 5.02 Å². The molecule has 1 amide bonds. The molecule has 0 aliphatic rings. The van der Waals surface area contributed by atoms with Gasteiger partial charge in [-0.15, -0.1) is 0 Å². The Balaban J connectivity index is 1.77. The van der Waals surface area contributed by atoms with E-state index in [-0.39, 0.29) is 11.6 Å². The summed E-state index contributed by atoms with van der Waals surface area (Å²) in [6.07, 6.45) is 4.61. The van der Waals surface area contributed by atoms with Crippen LogP contribution in [-0.4, -0.2) is 25.7 Å². The first-order valence-corrected chi connectivity index (χ1v) is 7.36. The number of carbonyl (C=O) groups is 1. The third-order valence-corrected chi connectivity index (χ3v) is 3.62. The lowest BCUT2D eigenvalue weighted by molar-refractivity contribution is 0.102. The lowest BCUT2D eigenvalue weighted by atomic mass is 10.2. The van der Waals surface area contributed by atoms with Crippen LogP contribution in [0.25, 0.3) is 0 Å². The topological polar surface area (TPSA) is 72.7 Å². The molecule has 2 aromatic heterocycles. The maximum absolute atomic E-state index is 12.2. The monoisotopic (exact) mass is 327 g/mol. The van der Waals surface area contributed by atoms with Gasteiger partial charge in [-0.2, -0.15) is 5.10 Å².